The first-order valence-electron chi connectivity index (χ1n) is 8.62. The summed E-state index contributed by atoms with van der Waals surface area (Å²) in [6, 6.07) is 6.23. The van der Waals surface area contributed by atoms with Gasteiger partial charge in [0.05, 0.1) is 23.1 Å². The summed E-state index contributed by atoms with van der Waals surface area (Å²) in [4.78, 5) is 8.04. The average molecular weight is 376 g/mol. The van der Waals surface area contributed by atoms with Crippen molar-refractivity contribution in [3.05, 3.63) is 46.3 Å². The molecule has 1 aromatic carbocycles. The smallest absolute Gasteiger partial charge is 0.230 e. The molecule has 6 nitrogen and oxygen atoms in total. The van der Waals surface area contributed by atoms with Gasteiger partial charge in [0.25, 0.3) is 0 Å². The van der Waals surface area contributed by atoms with Gasteiger partial charge in [0.15, 0.2) is 0 Å². The van der Waals surface area contributed by atoms with Crippen LogP contribution in [0.25, 0.3) is 4.96 Å². The Balaban J connectivity index is 1.82. The first kappa shape index (κ1) is 17.4. The summed E-state index contributed by atoms with van der Waals surface area (Å²) in [5.74, 6) is 0.426. The van der Waals surface area contributed by atoms with Gasteiger partial charge in [-0.2, -0.15) is 4.52 Å². The zero-order chi connectivity index (χ0) is 18.4. The summed E-state index contributed by atoms with van der Waals surface area (Å²) in [5, 5.41) is 15.1. The first-order chi connectivity index (χ1) is 12.4. The Kier molecular flexibility index (Phi) is 4.42. The molecule has 0 bridgehead atoms. The molecule has 3 heterocycles. The highest BCUT2D eigenvalue weighted by Gasteiger charge is 2.34. The lowest BCUT2D eigenvalue weighted by Crippen LogP contribution is -2.47. The van der Waals surface area contributed by atoms with Gasteiger partial charge in [-0.05, 0) is 38.5 Å². The van der Waals surface area contributed by atoms with Crippen LogP contribution >= 0.6 is 11.3 Å². The molecule has 0 radical (unpaired) electrons. The Labute approximate surface area is 154 Å². The van der Waals surface area contributed by atoms with Crippen LogP contribution in [0.15, 0.2) is 24.3 Å². The highest BCUT2D eigenvalue weighted by molar-refractivity contribution is 7.17. The SMILES string of the molecule is Cc1nc2sc([C@@H](c3ccc(F)cc3)N3C[C@@H](C)O[C@H](C)C3)c(O)n2n1. The number of fused-ring (bicyclic) bond motifs is 1. The van der Waals surface area contributed by atoms with Gasteiger partial charge in [-0.3, -0.25) is 4.90 Å². The standard InChI is InChI=1S/C18H21FN4O2S/c1-10-8-22(9-11(2)25-10)15(13-4-6-14(19)7-5-13)16-17(24)23-18(26-16)20-12(3)21-23/h4-7,10-11,15,24H,8-9H2,1-3H3/t10-,11-,15-/m1/s1. The van der Waals surface area contributed by atoms with Crippen LogP contribution in [-0.2, 0) is 4.74 Å². The molecule has 8 heteroatoms. The third kappa shape index (κ3) is 3.08. The first-order valence-corrected chi connectivity index (χ1v) is 9.44. The minimum Gasteiger partial charge on any atom is -0.492 e. The molecule has 1 aliphatic rings. The maximum Gasteiger partial charge on any atom is 0.230 e. The second-order valence-corrected chi connectivity index (χ2v) is 7.82. The Hall–Kier alpha value is -2.03. The van der Waals surface area contributed by atoms with Gasteiger partial charge >= 0.3 is 0 Å². The second-order valence-electron chi connectivity index (χ2n) is 6.81. The topological polar surface area (TPSA) is 62.9 Å². The van der Waals surface area contributed by atoms with Crippen molar-refractivity contribution in [3.8, 4) is 5.88 Å². The molecular weight excluding hydrogens is 355 g/mol. The van der Waals surface area contributed by atoms with Crippen LogP contribution in [0.4, 0.5) is 4.39 Å². The van der Waals surface area contributed by atoms with E-state index in [1.807, 2.05) is 13.8 Å². The molecule has 0 amide bonds. The fraction of sp³-hybridized carbons (Fsp3) is 0.444. The van der Waals surface area contributed by atoms with E-state index in [4.69, 9.17) is 4.74 Å². The van der Waals surface area contributed by atoms with Crippen molar-refractivity contribution in [3.63, 3.8) is 0 Å². The summed E-state index contributed by atoms with van der Waals surface area (Å²) in [5.41, 5.74) is 0.921. The summed E-state index contributed by atoms with van der Waals surface area (Å²) >= 11 is 1.41. The molecule has 0 aliphatic carbocycles. The Morgan fingerprint density at radius 1 is 1.23 bits per heavy atom. The van der Waals surface area contributed by atoms with E-state index in [1.165, 1.54) is 28.0 Å². The number of thiazole rings is 1. The van der Waals surface area contributed by atoms with E-state index < -0.39 is 0 Å². The highest BCUT2D eigenvalue weighted by atomic mass is 32.1. The monoisotopic (exact) mass is 376 g/mol. The van der Waals surface area contributed by atoms with Gasteiger partial charge in [0.1, 0.15) is 11.6 Å². The summed E-state index contributed by atoms with van der Waals surface area (Å²) in [6.45, 7) is 7.31. The Morgan fingerprint density at radius 2 is 1.88 bits per heavy atom. The minimum atomic E-state index is -0.279. The molecule has 3 aromatic rings. The predicted octanol–water partition coefficient (Wildman–Crippen LogP) is 3.14. The second kappa shape index (κ2) is 6.61. The number of ether oxygens (including phenoxy) is 1. The van der Waals surface area contributed by atoms with E-state index >= 15 is 0 Å². The van der Waals surface area contributed by atoms with Gasteiger partial charge in [-0.25, -0.2) is 9.37 Å². The van der Waals surface area contributed by atoms with Crippen LogP contribution in [0.3, 0.4) is 0 Å². The van der Waals surface area contributed by atoms with Crippen molar-refractivity contribution in [2.45, 2.75) is 39.0 Å². The lowest BCUT2D eigenvalue weighted by molar-refractivity contribution is -0.0764. The van der Waals surface area contributed by atoms with Gasteiger partial charge < -0.3 is 9.84 Å². The number of morpholine rings is 1. The van der Waals surface area contributed by atoms with Gasteiger partial charge in [-0.15, -0.1) is 5.10 Å². The van der Waals surface area contributed by atoms with E-state index in [-0.39, 0.29) is 29.9 Å². The fourth-order valence-corrected chi connectivity index (χ4v) is 4.79. The van der Waals surface area contributed by atoms with Crippen LogP contribution in [0.5, 0.6) is 5.88 Å². The number of aryl methyl sites for hydroxylation is 1. The van der Waals surface area contributed by atoms with E-state index in [9.17, 15) is 9.50 Å². The number of aromatic hydroxyl groups is 1. The molecule has 138 valence electrons. The van der Waals surface area contributed by atoms with Crippen LogP contribution in [0, 0.1) is 12.7 Å². The van der Waals surface area contributed by atoms with Crippen molar-refractivity contribution < 1.29 is 14.2 Å². The maximum absolute atomic E-state index is 13.5. The summed E-state index contributed by atoms with van der Waals surface area (Å²) in [6.07, 6.45) is 0.154. The highest BCUT2D eigenvalue weighted by Crippen LogP contribution is 2.40. The number of aromatic nitrogens is 3. The molecule has 1 aliphatic heterocycles. The minimum absolute atomic E-state index is 0.0771. The third-order valence-corrected chi connectivity index (χ3v) is 5.63. The maximum atomic E-state index is 13.5. The molecule has 0 saturated carbocycles. The van der Waals surface area contributed by atoms with E-state index in [1.54, 1.807) is 19.1 Å². The molecule has 4 rings (SSSR count). The van der Waals surface area contributed by atoms with Crippen molar-refractivity contribution in [2.75, 3.05) is 13.1 Å². The Bertz CT molecular complexity index is 913. The van der Waals surface area contributed by atoms with Crippen LogP contribution in [0.1, 0.15) is 36.2 Å². The lowest BCUT2D eigenvalue weighted by atomic mass is 10.0. The van der Waals surface area contributed by atoms with Crippen molar-refractivity contribution >= 4 is 16.3 Å². The summed E-state index contributed by atoms with van der Waals surface area (Å²) < 4.78 is 20.8. The van der Waals surface area contributed by atoms with E-state index in [0.717, 1.165) is 23.5 Å². The van der Waals surface area contributed by atoms with E-state index in [0.29, 0.717) is 10.8 Å². The van der Waals surface area contributed by atoms with Crippen LogP contribution < -0.4 is 0 Å². The normalized spacial score (nSPS) is 22.8. The molecule has 2 aromatic heterocycles. The number of nitrogens with zero attached hydrogens (tertiary/aromatic N) is 4. The average Bonchev–Trinajstić information content (AvgIpc) is 3.07. The van der Waals surface area contributed by atoms with Crippen molar-refractivity contribution in [1.29, 1.82) is 0 Å². The largest absolute Gasteiger partial charge is 0.492 e. The molecule has 26 heavy (non-hydrogen) atoms. The van der Waals surface area contributed by atoms with E-state index in [2.05, 4.69) is 15.0 Å². The fourth-order valence-electron chi connectivity index (χ4n) is 3.63. The van der Waals surface area contributed by atoms with Crippen molar-refractivity contribution in [2.24, 2.45) is 0 Å². The lowest BCUT2D eigenvalue weighted by Gasteiger charge is -2.40. The quantitative estimate of drug-likeness (QED) is 0.761. The van der Waals surface area contributed by atoms with Gasteiger partial charge in [0, 0.05) is 13.1 Å². The Morgan fingerprint density at radius 3 is 2.50 bits per heavy atom. The molecule has 0 spiro atoms. The zero-order valence-corrected chi connectivity index (χ0v) is 15.7. The zero-order valence-electron chi connectivity index (χ0n) is 14.9. The molecule has 0 unspecified atom stereocenters. The van der Waals surface area contributed by atoms with Gasteiger partial charge in [-0.1, -0.05) is 23.5 Å². The number of hydrogen-bond acceptors (Lipinski definition) is 6. The number of rotatable bonds is 3. The summed E-state index contributed by atoms with van der Waals surface area (Å²) in [7, 11) is 0. The molecular formula is C18H21FN4O2S. The van der Waals surface area contributed by atoms with Crippen molar-refractivity contribution in [1.82, 2.24) is 19.5 Å². The molecule has 1 fully saturated rings. The third-order valence-electron chi connectivity index (χ3n) is 4.55. The van der Waals surface area contributed by atoms with Crippen LogP contribution in [0.2, 0.25) is 0 Å². The van der Waals surface area contributed by atoms with Gasteiger partial charge in [0.2, 0.25) is 10.8 Å². The number of hydrogen-bond donors (Lipinski definition) is 1. The molecule has 1 N–H and O–H groups in total. The number of halogens is 1. The molecule has 1 saturated heterocycles. The predicted molar refractivity (Wildman–Crippen MR) is 97.1 cm³/mol. The number of benzene rings is 1. The van der Waals surface area contributed by atoms with Crippen LogP contribution in [-0.4, -0.2) is 49.9 Å². The molecule has 3 atom stereocenters.